The van der Waals surface area contributed by atoms with Gasteiger partial charge in [-0.15, -0.1) is 0 Å². The molecule has 1 aromatic carbocycles. The van der Waals surface area contributed by atoms with Crippen LogP contribution in [0, 0.1) is 0 Å². The molecule has 3 rings (SSSR count). The first-order chi connectivity index (χ1) is 9.42. The quantitative estimate of drug-likeness (QED) is 0.907. The molecule has 2 aromatic rings. The largest absolute Gasteiger partial charge is 0.315 e. The summed E-state index contributed by atoms with van der Waals surface area (Å²) in [5, 5.41) is 7.68. The van der Waals surface area contributed by atoms with Crippen molar-refractivity contribution in [3.63, 3.8) is 0 Å². The average molecular weight is 256 g/mol. The highest BCUT2D eigenvalue weighted by Crippen LogP contribution is 2.11. The second-order valence-electron chi connectivity index (χ2n) is 5.00. The summed E-state index contributed by atoms with van der Waals surface area (Å²) in [6.45, 7) is 5.62. The summed E-state index contributed by atoms with van der Waals surface area (Å²) in [5.41, 5.74) is 2.49. The molecular formula is C15H20N4. The number of hydrogen-bond acceptors (Lipinski definition) is 3. The molecule has 1 fully saturated rings. The summed E-state index contributed by atoms with van der Waals surface area (Å²) in [4.78, 5) is 2.52. The lowest BCUT2D eigenvalue weighted by atomic mass is 10.2. The number of nitrogens with zero attached hydrogens (tertiary/aromatic N) is 3. The van der Waals surface area contributed by atoms with Gasteiger partial charge in [0, 0.05) is 32.0 Å². The van der Waals surface area contributed by atoms with Crippen LogP contribution in [0.3, 0.4) is 0 Å². The first kappa shape index (κ1) is 12.4. The Bertz CT molecular complexity index is 481. The third kappa shape index (κ3) is 3.22. The van der Waals surface area contributed by atoms with Crippen molar-refractivity contribution in [1.29, 1.82) is 0 Å². The van der Waals surface area contributed by atoms with Crippen LogP contribution >= 0.6 is 0 Å². The van der Waals surface area contributed by atoms with Crippen LogP contribution in [-0.4, -0.2) is 40.9 Å². The molecule has 19 heavy (non-hydrogen) atoms. The fraction of sp³-hybridized carbons (Fsp3) is 0.400. The van der Waals surface area contributed by atoms with E-state index < -0.39 is 0 Å². The van der Waals surface area contributed by atoms with Crippen LogP contribution in [0.25, 0.3) is 5.69 Å². The molecule has 1 aliphatic heterocycles. The zero-order chi connectivity index (χ0) is 12.9. The van der Waals surface area contributed by atoms with Crippen molar-refractivity contribution in [3.05, 3.63) is 48.3 Å². The van der Waals surface area contributed by atoms with E-state index in [2.05, 4.69) is 39.6 Å². The van der Waals surface area contributed by atoms with Crippen LogP contribution in [-0.2, 0) is 6.54 Å². The fourth-order valence-electron chi connectivity index (χ4n) is 2.49. The Balaban J connectivity index is 1.65. The molecule has 0 bridgehead atoms. The summed E-state index contributed by atoms with van der Waals surface area (Å²) in [5.74, 6) is 0. The van der Waals surface area contributed by atoms with E-state index in [9.17, 15) is 0 Å². The van der Waals surface area contributed by atoms with Crippen LogP contribution in [0.2, 0.25) is 0 Å². The SMILES string of the molecule is c1cnn(-c2ccc(CN3CCCNCC3)cc2)c1. The van der Waals surface area contributed by atoms with E-state index in [1.54, 1.807) is 6.20 Å². The molecule has 2 heterocycles. The van der Waals surface area contributed by atoms with Crippen LogP contribution in [0.4, 0.5) is 0 Å². The summed E-state index contributed by atoms with van der Waals surface area (Å²) in [7, 11) is 0. The standard InChI is InChI=1S/C15H20N4/c1-7-16-9-12-18(10-1)13-14-3-5-15(6-4-14)19-11-2-8-17-19/h2-6,8,11,16H,1,7,9-10,12-13H2. The molecule has 0 saturated carbocycles. The normalized spacial score (nSPS) is 17.3. The van der Waals surface area contributed by atoms with Gasteiger partial charge < -0.3 is 5.32 Å². The van der Waals surface area contributed by atoms with Crippen molar-refractivity contribution in [2.75, 3.05) is 26.2 Å². The van der Waals surface area contributed by atoms with Gasteiger partial charge in [-0.2, -0.15) is 5.10 Å². The van der Waals surface area contributed by atoms with Crippen molar-refractivity contribution in [2.24, 2.45) is 0 Å². The second-order valence-corrected chi connectivity index (χ2v) is 5.00. The number of nitrogens with one attached hydrogen (secondary N) is 1. The van der Waals surface area contributed by atoms with Crippen LogP contribution in [0.5, 0.6) is 0 Å². The Labute approximate surface area is 114 Å². The Hall–Kier alpha value is -1.65. The third-order valence-electron chi connectivity index (χ3n) is 3.54. The number of benzene rings is 1. The summed E-state index contributed by atoms with van der Waals surface area (Å²) < 4.78 is 1.89. The molecule has 1 N–H and O–H groups in total. The molecule has 100 valence electrons. The summed E-state index contributed by atoms with van der Waals surface area (Å²) in [6.07, 6.45) is 5.01. The topological polar surface area (TPSA) is 33.1 Å². The lowest BCUT2D eigenvalue weighted by molar-refractivity contribution is 0.284. The molecule has 4 heteroatoms. The van der Waals surface area contributed by atoms with Gasteiger partial charge in [0.05, 0.1) is 5.69 Å². The highest BCUT2D eigenvalue weighted by atomic mass is 15.3. The van der Waals surface area contributed by atoms with Gasteiger partial charge >= 0.3 is 0 Å². The first-order valence-corrected chi connectivity index (χ1v) is 6.94. The van der Waals surface area contributed by atoms with Gasteiger partial charge in [-0.3, -0.25) is 4.90 Å². The van der Waals surface area contributed by atoms with Gasteiger partial charge in [0.25, 0.3) is 0 Å². The monoisotopic (exact) mass is 256 g/mol. The Morgan fingerprint density at radius 3 is 2.79 bits per heavy atom. The van der Waals surface area contributed by atoms with Gasteiger partial charge in [0.2, 0.25) is 0 Å². The van der Waals surface area contributed by atoms with Crippen molar-refractivity contribution in [3.8, 4) is 5.69 Å². The molecule has 0 atom stereocenters. The first-order valence-electron chi connectivity index (χ1n) is 6.94. The summed E-state index contributed by atoms with van der Waals surface area (Å²) >= 11 is 0. The van der Waals surface area contributed by atoms with Crippen molar-refractivity contribution < 1.29 is 0 Å². The van der Waals surface area contributed by atoms with E-state index >= 15 is 0 Å². The van der Waals surface area contributed by atoms with E-state index in [0.717, 1.165) is 31.9 Å². The van der Waals surface area contributed by atoms with Gasteiger partial charge in [-0.1, -0.05) is 12.1 Å². The molecule has 1 saturated heterocycles. The molecule has 0 spiro atoms. The molecule has 1 aromatic heterocycles. The van der Waals surface area contributed by atoms with Gasteiger partial charge in [-0.05, 0) is 43.3 Å². The highest BCUT2D eigenvalue weighted by molar-refractivity contribution is 5.33. The maximum atomic E-state index is 4.24. The van der Waals surface area contributed by atoms with Crippen LogP contribution < -0.4 is 5.32 Å². The number of aromatic nitrogens is 2. The molecule has 0 aliphatic carbocycles. The zero-order valence-corrected chi connectivity index (χ0v) is 11.1. The number of hydrogen-bond donors (Lipinski definition) is 1. The number of rotatable bonds is 3. The van der Waals surface area contributed by atoms with Gasteiger partial charge in [0.15, 0.2) is 0 Å². The smallest absolute Gasteiger partial charge is 0.0645 e. The van der Waals surface area contributed by atoms with Crippen LogP contribution in [0.15, 0.2) is 42.7 Å². The molecule has 4 nitrogen and oxygen atoms in total. The van der Waals surface area contributed by atoms with E-state index in [-0.39, 0.29) is 0 Å². The lowest BCUT2D eigenvalue weighted by Crippen LogP contribution is -2.27. The predicted octanol–water partition coefficient (Wildman–Crippen LogP) is 1.67. The fourth-order valence-corrected chi connectivity index (χ4v) is 2.49. The Morgan fingerprint density at radius 1 is 1.11 bits per heavy atom. The van der Waals surface area contributed by atoms with E-state index in [1.165, 1.54) is 18.5 Å². The molecular weight excluding hydrogens is 236 g/mol. The Kier molecular flexibility index (Phi) is 3.91. The van der Waals surface area contributed by atoms with Gasteiger partial charge in [0.1, 0.15) is 0 Å². The summed E-state index contributed by atoms with van der Waals surface area (Å²) in [6, 6.07) is 10.6. The van der Waals surface area contributed by atoms with Crippen molar-refractivity contribution >= 4 is 0 Å². The van der Waals surface area contributed by atoms with Crippen LogP contribution in [0.1, 0.15) is 12.0 Å². The lowest BCUT2D eigenvalue weighted by Gasteiger charge is -2.19. The average Bonchev–Trinajstić information content (AvgIpc) is 2.86. The van der Waals surface area contributed by atoms with Gasteiger partial charge in [-0.25, -0.2) is 4.68 Å². The highest BCUT2D eigenvalue weighted by Gasteiger charge is 2.08. The predicted molar refractivity (Wildman–Crippen MR) is 76.3 cm³/mol. The molecule has 1 aliphatic rings. The van der Waals surface area contributed by atoms with E-state index in [1.807, 2.05) is 16.9 Å². The maximum Gasteiger partial charge on any atom is 0.0645 e. The minimum Gasteiger partial charge on any atom is -0.315 e. The third-order valence-corrected chi connectivity index (χ3v) is 3.54. The second kappa shape index (κ2) is 5.99. The van der Waals surface area contributed by atoms with E-state index in [4.69, 9.17) is 0 Å². The zero-order valence-electron chi connectivity index (χ0n) is 11.1. The van der Waals surface area contributed by atoms with E-state index in [0.29, 0.717) is 0 Å². The van der Waals surface area contributed by atoms with Crippen molar-refractivity contribution in [1.82, 2.24) is 20.0 Å². The maximum absolute atomic E-state index is 4.24. The van der Waals surface area contributed by atoms with Crippen molar-refractivity contribution in [2.45, 2.75) is 13.0 Å². The molecule has 0 amide bonds. The molecule has 0 unspecified atom stereocenters. The minimum absolute atomic E-state index is 1.04. The minimum atomic E-state index is 1.04. The molecule has 0 radical (unpaired) electrons. The Morgan fingerprint density at radius 2 is 2.00 bits per heavy atom.